The molecule has 1 aromatic carbocycles. The van der Waals surface area contributed by atoms with Crippen molar-refractivity contribution in [1.82, 2.24) is 20.2 Å². The zero-order chi connectivity index (χ0) is 18.8. The normalized spacial score (nSPS) is 10.4. The van der Waals surface area contributed by atoms with Gasteiger partial charge in [0, 0.05) is 36.7 Å². The highest BCUT2D eigenvalue weighted by Crippen LogP contribution is 2.10. The molecule has 26 heavy (non-hydrogen) atoms. The van der Waals surface area contributed by atoms with Crippen LogP contribution in [-0.4, -0.2) is 53.0 Å². The SMILES string of the molecule is CCN(CC)CCNC(=O)c1ccc(NC(=O)Nc2cnccn2)cc1. The number of anilines is 2. The first-order valence-electron chi connectivity index (χ1n) is 8.57. The van der Waals surface area contributed by atoms with Gasteiger partial charge in [0.2, 0.25) is 0 Å². The van der Waals surface area contributed by atoms with Crippen molar-refractivity contribution in [1.29, 1.82) is 0 Å². The molecule has 0 saturated heterocycles. The zero-order valence-electron chi connectivity index (χ0n) is 15.0. The second-order valence-electron chi connectivity index (χ2n) is 5.53. The number of likely N-dealkylation sites (N-methyl/N-ethyl adjacent to an activating group) is 1. The first-order valence-corrected chi connectivity index (χ1v) is 8.57. The Balaban J connectivity index is 1.81. The summed E-state index contributed by atoms with van der Waals surface area (Å²) in [4.78, 5) is 34.1. The minimum atomic E-state index is -0.429. The number of aromatic nitrogens is 2. The van der Waals surface area contributed by atoms with Gasteiger partial charge in [0.25, 0.3) is 5.91 Å². The Hall–Kier alpha value is -3.00. The summed E-state index contributed by atoms with van der Waals surface area (Å²) in [6, 6.07) is 6.27. The lowest BCUT2D eigenvalue weighted by atomic mass is 10.2. The summed E-state index contributed by atoms with van der Waals surface area (Å²) in [7, 11) is 0. The lowest BCUT2D eigenvalue weighted by Crippen LogP contribution is -2.34. The lowest BCUT2D eigenvalue weighted by Gasteiger charge is -2.18. The van der Waals surface area contributed by atoms with E-state index >= 15 is 0 Å². The van der Waals surface area contributed by atoms with Crippen LogP contribution in [0.3, 0.4) is 0 Å². The van der Waals surface area contributed by atoms with Crippen LogP contribution < -0.4 is 16.0 Å². The first-order chi connectivity index (χ1) is 12.6. The number of nitrogens with zero attached hydrogens (tertiary/aromatic N) is 3. The summed E-state index contributed by atoms with van der Waals surface area (Å²) >= 11 is 0. The van der Waals surface area contributed by atoms with Gasteiger partial charge in [-0.3, -0.25) is 15.1 Å². The Morgan fingerprint density at radius 2 is 1.77 bits per heavy atom. The van der Waals surface area contributed by atoms with Gasteiger partial charge in [0.15, 0.2) is 5.82 Å². The van der Waals surface area contributed by atoms with Crippen LogP contribution >= 0.6 is 0 Å². The molecule has 1 aromatic heterocycles. The van der Waals surface area contributed by atoms with Crippen molar-refractivity contribution in [2.45, 2.75) is 13.8 Å². The average Bonchev–Trinajstić information content (AvgIpc) is 2.66. The minimum absolute atomic E-state index is 0.132. The van der Waals surface area contributed by atoms with Crippen LogP contribution in [0.2, 0.25) is 0 Å². The van der Waals surface area contributed by atoms with Crippen LogP contribution in [0.25, 0.3) is 0 Å². The van der Waals surface area contributed by atoms with Gasteiger partial charge in [-0.2, -0.15) is 0 Å². The van der Waals surface area contributed by atoms with Crippen LogP contribution in [0.4, 0.5) is 16.3 Å². The van der Waals surface area contributed by atoms with Crippen LogP contribution in [0.5, 0.6) is 0 Å². The maximum atomic E-state index is 12.1. The topological polar surface area (TPSA) is 99.2 Å². The van der Waals surface area contributed by atoms with E-state index in [1.54, 1.807) is 24.3 Å². The molecule has 0 aliphatic rings. The van der Waals surface area contributed by atoms with Gasteiger partial charge in [-0.05, 0) is 37.4 Å². The molecule has 138 valence electrons. The fraction of sp³-hybridized carbons (Fsp3) is 0.333. The molecule has 2 aromatic rings. The molecule has 1 heterocycles. The van der Waals surface area contributed by atoms with E-state index in [0.29, 0.717) is 23.6 Å². The Bertz CT molecular complexity index is 701. The van der Waals surface area contributed by atoms with Gasteiger partial charge in [-0.15, -0.1) is 0 Å². The van der Waals surface area contributed by atoms with E-state index in [1.807, 2.05) is 0 Å². The van der Waals surface area contributed by atoms with E-state index in [9.17, 15) is 9.59 Å². The van der Waals surface area contributed by atoms with Gasteiger partial charge >= 0.3 is 6.03 Å². The number of amides is 3. The molecular formula is C18H24N6O2. The van der Waals surface area contributed by atoms with Crippen LogP contribution in [0.15, 0.2) is 42.9 Å². The number of benzene rings is 1. The van der Waals surface area contributed by atoms with Crippen LogP contribution in [0.1, 0.15) is 24.2 Å². The molecule has 0 saturated carbocycles. The van der Waals surface area contributed by atoms with Gasteiger partial charge in [-0.25, -0.2) is 9.78 Å². The monoisotopic (exact) mass is 356 g/mol. The highest BCUT2D eigenvalue weighted by atomic mass is 16.2. The molecule has 0 bridgehead atoms. The van der Waals surface area contributed by atoms with E-state index in [2.05, 4.69) is 44.7 Å². The Morgan fingerprint density at radius 1 is 1.04 bits per heavy atom. The molecule has 8 heteroatoms. The van der Waals surface area contributed by atoms with Crippen molar-refractivity contribution in [2.24, 2.45) is 0 Å². The number of rotatable bonds is 8. The molecule has 0 radical (unpaired) electrons. The van der Waals surface area contributed by atoms with Crippen LogP contribution in [0, 0.1) is 0 Å². The van der Waals surface area contributed by atoms with Crippen molar-refractivity contribution in [3.8, 4) is 0 Å². The van der Waals surface area contributed by atoms with Gasteiger partial charge in [0.05, 0.1) is 6.20 Å². The Morgan fingerprint density at radius 3 is 2.38 bits per heavy atom. The van der Waals surface area contributed by atoms with Gasteiger partial charge < -0.3 is 15.5 Å². The molecule has 0 fully saturated rings. The van der Waals surface area contributed by atoms with Crippen molar-refractivity contribution in [3.63, 3.8) is 0 Å². The van der Waals surface area contributed by atoms with E-state index in [0.717, 1.165) is 19.6 Å². The second kappa shape index (κ2) is 10.1. The fourth-order valence-corrected chi connectivity index (χ4v) is 2.32. The minimum Gasteiger partial charge on any atom is -0.351 e. The predicted octanol–water partition coefficient (Wildman–Crippen LogP) is 2.19. The van der Waals surface area contributed by atoms with E-state index in [1.165, 1.54) is 18.6 Å². The number of hydrogen-bond acceptors (Lipinski definition) is 5. The number of nitrogens with one attached hydrogen (secondary N) is 3. The quantitative estimate of drug-likeness (QED) is 0.673. The van der Waals surface area contributed by atoms with Crippen molar-refractivity contribution in [2.75, 3.05) is 36.8 Å². The van der Waals surface area contributed by atoms with Gasteiger partial charge in [0.1, 0.15) is 0 Å². The molecule has 0 atom stereocenters. The smallest absolute Gasteiger partial charge is 0.324 e. The third-order valence-corrected chi connectivity index (χ3v) is 3.82. The van der Waals surface area contributed by atoms with Crippen molar-refractivity contribution < 1.29 is 9.59 Å². The highest BCUT2D eigenvalue weighted by Gasteiger charge is 2.07. The third kappa shape index (κ3) is 6.14. The molecule has 2 rings (SSSR count). The average molecular weight is 356 g/mol. The predicted molar refractivity (Wildman–Crippen MR) is 101 cm³/mol. The summed E-state index contributed by atoms with van der Waals surface area (Å²) in [5, 5.41) is 8.14. The molecule has 3 amide bonds. The van der Waals surface area contributed by atoms with Crippen molar-refractivity contribution >= 4 is 23.4 Å². The fourth-order valence-electron chi connectivity index (χ4n) is 2.32. The Kier molecular flexibility index (Phi) is 7.50. The molecule has 8 nitrogen and oxygen atoms in total. The highest BCUT2D eigenvalue weighted by molar-refractivity contribution is 5.99. The van der Waals surface area contributed by atoms with E-state index in [4.69, 9.17) is 0 Å². The third-order valence-electron chi connectivity index (χ3n) is 3.82. The lowest BCUT2D eigenvalue weighted by molar-refractivity contribution is 0.0949. The summed E-state index contributed by atoms with van der Waals surface area (Å²) in [6.07, 6.45) is 4.46. The largest absolute Gasteiger partial charge is 0.351 e. The summed E-state index contributed by atoms with van der Waals surface area (Å²) in [5.74, 6) is 0.224. The second-order valence-corrected chi connectivity index (χ2v) is 5.53. The zero-order valence-corrected chi connectivity index (χ0v) is 15.0. The number of carbonyl (C=O) groups is 2. The summed E-state index contributed by atoms with van der Waals surface area (Å²) in [5.41, 5.74) is 1.12. The first kappa shape index (κ1) is 19.3. The molecule has 0 aliphatic carbocycles. The molecule has 3 N–H and O–H groups in total. The Labute approximate surface area is 153 Å². The molecule has 0 unspecified atom stereocenters. The van der Waals surface area contributed by atoms with E-state index in [-0.39, 0.29) is 5.91 Å². The van der Waals surface area contributed by atoms with Crippen LogP contribution in [-0.2, 0) is 0 Å². The van der Waals surface area contributed by atoms with E-state index < -0.39 is 6.03 Å². The maximum Gasteiger partial charge on any atom is 0.324 e. The number of carbonyl (C=O) groups excluding carboxylic acids is 2. The number of urea groups is 1. The maximum absolute atomic E-state index is 12.1. The number of hydrogen-bond donors (Lipinski definition) is 3. The summed E-state index contributed by atoms with van der Waals surface area (Å²) < 4.78 is 0. The molecular weight excluding hydrogens is 332 g/mol. The standard InChI is InChI=1S/C18H24N6O2/c1-3-24(4-2)12-11-21-17(25)14-5-7-15(8-6-14)22-18(26)23-16-13-19-9-10-20-16/h5-10,13H,3-4,11-12H2,1-2H3,(H,21,25)(H2,20,22,23,26). The molecule has 0 spiro atoms. The van der Waals surface area contributed by atoms with Crippen molar-refractivity contribution in [3.05, 3.63) is 48.4 Å². The van der Waals surface area contributed by atoms with Gasteiger partial charge in [-0.1, -0.05) is 13.8 Å². The molecule has 0 aliphatic heterocycles. The summed E-state index contributed by atoms with van der Waals surface area (Å²) in [6.45, 7) is 7.53.